The summed E-state index contributed by atoms with van der Waals surface area (Å²) < 4.78 is 23.5. The van der Waals surface area contributed by atoms with E-state index in [0.717, 1.165) is 49.0 Å². The zero-order valence-electron chi connectivity index (χ0n) is 32.4. The van der Waals surface area contributed by atoms with Crippen molar-refractivity contribution in [3.05, 3.63) is 186 Å². The molecule has 0 fully saturated rings. The molecule has 0 amide bonds. The normalized spacial score (nSPS) is 15.0. The highest BCUT2D eigenvalue weighted by Crippen LogP contribution is 2.54. The van der Waals surface area contributed by atoms with Crippen LogP contribution in [0.1, 0.15) is 49.9 Å². The summed E-state index contributed by atoms with van der Waals surface area (Å²) in [5.41, 5.74) is 11.2. The Labute approximate surface area is 331 Å². The molecule has 2 aliphatic carbocycles. The van der Waals surface area contributed by atoms with E-state index in [-0.39, 0.29) is 10.8 Å². The fraction of sp³-hybridized carbons (Fsp3) is 0.111. The van der Waals surface area contributed by atoms with Gasteiger partial charge in [0.15, 0.2) is 7.14 Å². The fourth-order valence-electron chi connectivity index (χ4n) is 10.6. The molecule has 2 nitrogen and oxygen atoms in total. The van der Waals surface area contributed by atoms with Crippen LogP contribution in [0.3, 0.4) is 0 Å². The van der Waals surface area contributed by atoms with Crippen molar-refractivity contribution in [3.63, 3.8) is 0 Å². The monoisotopic (exact) mass is 750 g/mol. The molecule has 1 aromatic heterocycles. The van der Waals surface area contributed by atoms with Crippen LogP contribution in [0.4, 0.5) is 0 Å². The topological polar surface area (TPSA) is 30.2 Å². The van der Waals surface area contributed by atoms with Crippen molar-refractivity contribution in [1.82, 2.24) is 0 Å². The van der Waals surface area contributed by atoms with Crippen LogP contribution in [0.25, 0.3) is 76.5 Å². The first-order valence-corrected chi connectivity index (χ1v) is 21.6. The second-order valence-corrected chi connectivity index (χ2v) is 19.9. The van der Waals surface area contributed by atoms with Crippen molar-refractivity contribution in [1.29, 1.82) is 0 Å². The lowest BCUT2D eigenvalue weighted by Crippen LogP contribution is -2.26. The van der Waals surface area contributed by atoms with E-state index in [4.69, 9.17) is 4.42 Å². The highest BCUT2D eigenvalue weighted by molar-refractivity contribution is 7.85. The van der Waals surface area contributed by atoms with Gasteiger partial charge in [0.25, 0.3) is 0 Å². The first-order valence-electron chi connectivity index (χ1n) is 19.9. The summed E-state index contributed by atoms with van der Waals surface area (Å²) in [6.45, 7) is 9.17. The molecule has 0 saturated carbocycles. The first kappa shape index (κ1) is 33.0. The molecule has 0 N–H and O–H groups in total. The van der Waals surface area contributed by atoms with Crippen LogP contribution in [-0.4, -0.2) is 0 Å². The SMILES string of the molecule is CC1(C)c2ccccc2-c2cc(P(=O)(c3ccc4c(c3)-c3ccccc3C4(C)C)c3ccc4c(c3)oc3cc5c6ccccc6c6ccccc6c5cc34)ccc21. The van der Waals surface area contributed by atoms with E-state index in [1.165, 1.54) is 65.7 Å². The molecule has 0 atom stereocenters. The van der Waals surface area contributed by atoms with Crippen molar-refractivity contribution in [2.24, 2.45) is 0 Å². The molecule has 0 bridgehead atoms. The van der Waals surface area contributed by atoms with E-state index in [1.807, 2.05) is 0 Å². The summed E-state index contributed by atoms with van der Waals surface area (Å²) in [7, 11) is -3.46. The molecule has 0 aliphatic heterocycles. The molecule has 12 rings (SSSR count). The Bertz CT molecular complexity index is 3340. The largest absolute Gasteiger partial charge is 0.456 e. The Balaban J connectivity index is 1.11. The molecular formula is C54H39O2P. The Morgan fingerprint density at radius 3 is 1.30 bits per heavy atom. The fourth-order valence-corrected chi connectivity index (χ4v) is 13.3. The molecule has 1 heterocycles. The van der Waals surface area contributed by atoms with Crippen LogP contribution >= 0.6 is 7.14 Å². The second kappa shape index (κ2) is 11.2. The lowest BCUT2D eigenvalue weighted by molar-refractivity contribution is 0.592. The molecule has 3 heteroatoms. The lowest BCUT2D eigenvalue weighted by atomic mass is 9.82. The van der Waals surface area contributed by atoms with Gasteiger partial charge in [0.1, 0.15) is 11.2 Å². The predicted octanol–water partition coefficient (Wildman–Crippen LogP) is 13.3. The third-order valence-corrected chi connectivity index (χ3v) is 16.6. The minimum absolute atomic E-state index is 0.148. The second-order valence-electron chi connectivity index (χ2n) is 17.2. The summed E-state index contributed by atoms with van der Waals surface area (Å²) in [5, 5.41) is 11.8. The van der Waals surface area contributed by atoms with E-state index in [0.29, 0.717) is 0 Å². The zero-order chi connectivity index (χ0) is 38.4. The maximum absolute atomic E-state index is 16.7. The van der Waals surface area contributed by atoms with Crippen LogP contribution < -0.4 is 15.9 Å². The molecular weight excluding hydrogens is 712 g/mol. The zero-order valence-corrected chi connectivity index (χ0v) is 33.2. The molecule has 0 unspecified atom stereocenters. The minimum Gasteiger partial charge on any atom is -0.456 e. The molecule has 0 saturated heterocycles. The van der Waals surface area contributed by atoms with Crippen LogP contribution in [0, 0.1) is 0 Å². The van der Waals surface area contributed by atoms with Crippen molar-refractivity contribution in [2.75, 3.05) is 0 Å². The van der Waals surface area contributed by atoms with Gasteiger partial charge in [-0.2, -0.15) is 0 Å². The van der Waals surface area contributed by atoms with Crippen LogP contribution in [0.15, 0.2) is 168 Å². The van der Waals surface area contributed by atoms with Gasteiger partial charge in [-0.25, -0.2) is 0 Å². The Kier molecular flexibility index (Phi) is 6.49. The van der Waals surface area contributed by atoms with Crippen molar-refractivity contribution < 1.29 is 8.98 Å². The third kappa shape index (κ3) is 4.29. The number of hydrogen-bond donors (Lipinski definition) is 0. The summed E-state index contributed by atoms with van der Waals surface area (Å²) >= 11 is 0. The van der Waals surface area contributed by atoms with Crippen LogP contribution in [0.5, 0.6) is 0 Å². The van der Waals surface area contributed by atoms with Gasteiger partial charge in [0, 0.05) is 37.5 Å². The summed E-state index contributed by atoms with van der Waals surface area (Å²) in [4.78, 5) is 0. The average molecular weight is 751 g/mol. The average Bonchev–Trinajstić information content (AvgIpc) is 3.81. The van der Waals surface area contributed by atoms with E-state index >= 15 is 4.57 Å². The molecule has 2 aliphatic rings. The third-order valence-electron chi connectivity index (χ3n) is 13.5. The van der Waals surface area contributed by atoms with Crippen LogP contribution in [0.2, 0.25) is 0 Å². The first-order chi connectivity index (χ1) is 27.6. The van der Waals surface area contributed by atoms with Gasteiger partial charge in [-0.15, -0.1) is 0 Å². The van der Waals surface area contributed by atoms with E-state index < -0.39 is 7.14 Å². The van der Waals surface area contributed by atoms with Crippen molar-refractivity contribution in [3.8, 4) is 22.3 Å². The summed E-state index contributed by atoms with van der Waals surface area (Å²) in [6.07, 6.45) is 0. The van der Waals surface area contributed by atoms with Gasteiger partial charge in [-0.1, -0.05) is 149 Å². The van der Waals surface area contributed by atoms with Crippen molar-refractivity contribution >= 4 is 77.3 Å². The lowest BCUT2D eigenvalue weighted by Gasteiger charge is -2.25. The van der Waals surface area contributed by atoms with Gasteiger partial charge in [0.05, 0.1) is 0 Å². The van der Waals surface area contributed by atoms with E-state index in [2.05, 4.69) is 191 Å². The Hall–Kier alpha value is -6.21. The van der Waals surface area contributed by atoms with Crippen molar-refractivity contribution in [2.45, 2.75) is 38.5 Å². The quantitative estimate of drug-likeness (QED) is 0.133. The number of rotatable bonds is 3. The van der Waals surface area contributed by atoms with Crippen LogP contribution in [-0.2, 0) is 15.4 Å². The number of fused-ring (bicyclic) bond motifs is 15. The molecule has 9 aromatic carbocycles. The van der Waals surface area contributed by atoms with E-state index in [9.17, 15) is 0 Å². The standard InChI is InChI=1S/C54H39O2P/c1-53(2)47-19-11-9-17-39(47)44-27-32(22-25-49(44)53)57(55,33-23-26-50-45(28-33)40-18-10-12-20-48(40)54(50,3)4)34-21-24-41-46-30-42-37-15-7-5-13-35(37)36-14-6-8-16-38(36)43(42)31-52(46)56-51(41)29-34/h5-31H,1-4H3. The summed E-state index contributed by atoms with van der Waals surface area (Å²) in [6, 6.07) is 58.6. The highest BCUT2D eigenvalue weighted by atomic mass is 31.2. The van der Waals surface area contributed by atoms with Gasteiger partial charge in [-0.05, 0) is 119 Å². The molecule has 10 aromatic rings. The van der Waals surface area contributed by atoms with Gasteiger partial charge in [0.2, 0.25) is 0 Å². The van der Waals surface area contributed by atoms with E-state index in [1.54, 1.807) is 0 Å². The Morgan fingerprint density at radius 1 is 0.351 bits per heavy atom. The maximum Gasteiger partial charge on any atom is 0.171 e. The van der Waals surface area contributed by atoms with Gasteiger partial charge in [-0.3, -0.25) is 0 Å². The molecule has 272 valence electrons. The molecule has 0 radical (unpaired) electrons. The Morgan fingerprint density at radius 2 is 0.754 bits per heavy atom. The summed E-state index contributed by atoms with van der Waals surface area (Å²) in [5.74, 6) is 0. The number of furan rings is 1. The minimum atomic E-state index is -3.46. The van der Waals surface area contributed by atoms with Gasteiger partial charge < -0.3 is 8.98 Å². The number of benzene rings is 9. The van der Waals surface area contributed by atoms with Gasteiger partial charge >= 0.3 is 0 Å². The predicted molar refractivity (Wildman–Crippen MR) is 241 cm³/mol. The smallest absolute Gasteiger partial charge is 0.171 e. The maximum atomic E-state index is 16.7. The highest BCUT2D eigenvalue weighted by Gasteiger charge is 2.40. The molecule has 0 spiro atoms. The number of hydrogen-bond acceptors (Lipinski definition) is 2. The molecule has 57 heavy (non-hydrogen) atoms.